The molecule has 0 saturated heterocycles. The molecular weight excluding hydrogens is 276 g/mol. The zero-order chi connectivity index (χ0) is 15.4. The molecule has 0 saturated carbocycles. The predicted molar refractivity (Wildman–Crippen MR) is 85.6 cm³/mol. The lowest BCUT2D eigenvalue weighted by molar-refractivity contribution is -0.120. The first-order valence-corrected chi connectivity index (χ1v) is 7.37. The number of rotatable bonds is 5. The Morgan fingerprint density at radius 1 is 1.14 bits per heavy atom. The van der Waals surface area contributed by atoms with E-state index < -0.39 is 0 Å². The minimum absolute atomic E-state index is 0.0236. The summed E-state index contributed by atoms with van der Waals surface area (Å²) in [5.74, 6) is 0.662. The van der Waals surface area contributed by atoms with E-state index in [0.717, 1.165) is 23.1 Å². The van der Waals surface area contributed by atoms with Crippen LogP contribution in [-0.2, 0) is 17.6 Å². The third kappa shape index (κ3) is 3.52. The Morgan fingerprint density at radius 2 is 1.95 bits per heavy atom. The maximum Gasteiger partial charge on any atom is 0.224 e. The summed E-state index contributed by atoms with van der Waals surface area (Å²) in [6.45, 7) is 2.46. The lowest BCUT2D eigenvalue weighted by Crippen LogP contribution is -2.27. The number of nitrogens with one attached hydrogen (secondary N) is 1. The van der Waals surface area contributed by atoms with Crippen LogP contribution in [0.5, 0.6) is 0 Å². The van der Waals surface area contributed by atoms with Crippen LogP contribution in [0.4, 0.5) is 0 Å². The molecule has 4 nitrogen and oxygen atoms in total. The quantitative estimate of drug-likeness (QED) is 0.787. The van der Waals surface area contributed by atoms with Crippen molar-refractivity contribution < 1.29 is 9.21 Å². The fraction of sp³-hybridized carbons (Fsp3) is 0.222. The lowest BCUT2D eigenvalue weighted by Gasteiger charge is -2.05. The Morgan fingerprint density at radius 3 is 2.77 bits per heavy atom. The molecule has 0 bridgehead atoms. The van der Waals surface area contributed by atoms with Crippen molar-refractivity contribution in [3.05, 3.63) is 65.5 Å². The molecule has 2 aromatic carbocycles. The average molecular weight is 294 g/mol. The first-order valence-electron chi connectivity index (χ1n) is 7.37. The van der Waals surface area contributed by atoms with Crippen LogP contribution in [0.2, 0.25) is 0 Å². The van der Waals surface area contributed by atoms with Crippen LogP contribution in [0.1, 0.15) is 17.0 Å². The van der Waals surface area contributed by atoms with Crippen molar-refractivity contribution >= 4 is 17.0 Å². The van der Waals surface area contributed by atoms with Crippen molar-refractivity contribution in [1.82, 2.24) is 10.3 Å². The second-order valence-corrected chi connectivity index (χ2v) is 5.30. The minimum atomic E-state index is 0.0236. The fourth-order valence-corrected chi connectivity index (χ4v) is 2.44. The van der Waals surface area contributed by atoms with Crippen molar-refractivity contribution in [2.24, 2.45) is 0 Å². The number of amides is 1. The molecule has 1 aromatic heterocycles. The van der Waals surface area contributed by atoms with Gasteiger partial charge in [-0.15, -0.1) is 0 Å². The molecule has 0 spiro atoms. The van der Waals surface area contributed by atoms with E-state index in [4.69, 9.17) is 4.42 Å². The summed E-state index contributed by atoms with van der Waals surface area (Å²) in [5, 5.41) is 2.95. The van der Waals surface area contributed by atoms with Gasteiger partial charge in [0, 0.05) is 13.5 Å². The highest BCUT2D eigenvalue weighted by Gasteiger charge is 2.07. The predicted octanol–water partition coefficient (Wildman–Crippen LogP) is 3.04. The number of oxazole rings is 1. The normalized spacial score (nSPS) is 10.8. The van der Waals surface area contributed by atoms with Crippen LogP contribution in [0.25, 0.3) is 11.1 Å². The van der Waals surface area contributed by atoms with Crippen molar-refractivity contribution in [3.63, 3.8) is 0 Å². The third-order valence-corrected chi connectivity index (χ3v) is 3.50. The first kappa shape index (κ1) is 14.3. The van der Waals surface area contributed by atoms with Crippen molar-refractivity contribution in [2.75, 3.05) is 6.54 Å². The van der Waals surface area contributed by atoms with Gasteiger partial charge in [0.1, 0.15) is 5.52 Å². The highest BCUT2D eigenvalue weighted by molar-refractivity contribution is 5.81. The molecular formula is C18H18N2O2. The number of fused-ring (bicyclic) bond motifs is 1. The number of nitrogens with zero attached hydrogens (tertiary/aromatic N) is 1. The number of aryl methyl sites for hydroxylation is 1. The maximum absolute atomic E-state index is 12.0. The highest BCUT2D eigenvalue weighted by Crippen LogP contribution is 2.17. The molecule has 0 unspecified atom stereocenters. The average Bonchev–Trinajstić information content (AvgIpc) is 2.87. The molecule has 0 fully saturated rings. The van der Waals surface area contributed by atoms with Crippen LogP contribution in [0, 0.1) is 6.92 Å². The number of carbonyl (C=O) groups is 1. The largest absolute Gasteiger partial charge is 0.441 e. The van der Waals surface area contributed by atoms with E-state index in [1.807, 2.05) is 43.3 Å². The third-order valence-electron chi connectivity index (χ3n) is 3.50. The molecule has 1 amide bonds. The van der Waals surface area contributed by atoms with Gasteiger partial charge in [0.25, 0.3) is 0 Å². The summed E-state index contributed by atoms with van der Waals surface area (Å²) in [7, 11) is 0. The van der Waals surface area contributed by atoms with E-state index >= 15 is 0 Å². The van der Waals surface area contributed by atoms with Gasteiger partial charge in [0.05, 0.1) is 6.42 Å². The standard InChI is InChI=1S/C18H18N2O2/c1-13-20-16-11-15(7-8-17(16)22-13)12-18(21)19-10-9-14-5-3-2-4-6-14/h2-8,11H,9-10,12H2,1H3,(H,19,21). The Kier molecular flexibility index (Phi) is 4.19. The summed E-state index contributed by atoms with van der Waals surface area (Å²) in [6, 6.07) is 15.8. The molecule has 3 rings (SSSR count). The van der Waals surface area contributed by atoms with Gasteiger partial charge in [0.2, 0.25) is 5.91 Å². The molecule has 0 aliphatic heterocycles. The molecule has 0 atom stereocenters. The second-order valence-electron chi connectivity index (χ2n) is 5.30. The van der Waals surface area contributed by atoms with Gasteiger partial charge in [-0.2, -0.15) is 0 Å². The maximum atomic E-state index is 12.0. The highest BCUT2D eigenvalue weighted by atomic mass is 16.3. The van der Waals surface area contributed by atoms with E-state index in [-0.39, 0.29) is 5.91 Å². The van der Waals surface area contributed by atoms with Crippen LogP contribution in [-0.4, -0.2) is 17.4 Å². The van der Waals surface area contributed by atoms with Gasteiger partial charge in [-0.05, 0) is 29.7 Å². The van der Waals surface area contributed by atoms with Gasteiger partial charge in [-0.3, -0.25) is 4.79 Å². The van der Waals surface area contributed by atoms with E-state index in [1.165, 1.54) is 5.56 Å². The van der Waals surface area contributed by atoms with Gasteiger partial charge in [-0.1, -0.05) is 36.4 Å². The van der Waals surface area contributed by atoms with Crippen LogP contribution in [0.15, 0.2) is 52.9 Å². The summed E-state index contributed by atoms with van der Waals surface area (Å²) < 4.78 is 5.43. The van der Waals surface area contributed by atoms with Crippen LogP contribution < -0.4 is 5.32 Å². The zero-order valence-electron chi connectivity index (χ0n) is 12.5. The molecule has 1 N–H and O–H groups in total. The van der Waals surface area contributed by atoms with Crippen LogP contribution >= 0.6 is 0 Å². The topological polar surface area (TPSA) is 55.1 Å². The van der Waals surface area contributed by atoms with Crippen molar-refractivity contribution in [2.45, 2.75) is 19.8 Å². The van der Waals surface area contributed by atoms with Crippen molar-refractivity contribution in [1.29, 1.82) is 0 Å². The van der Waals surface area contributed by atoms with Gasteiger partial charge in [0.15, 0.2) is 11.5 Å². The van der Waals surface area contributed by atoms with E-state index in [9.17, 15) is 4.79 Å². The summed E-state index contributed by atoms with van der Waals surface area (Å²) >= 11 is 0. The molecule has 0 radical (unpaired) electrons. The van der Waals surface area contributed by atoms with Crippen molar-refractivity contribution in [3.8, 4) is 0 Å². The van der Waals surface area contributed by atoms with Gasteiger partial charge in [-0.25, -0.2) is 4.98 Å². The number of benzene rings is 2. The zero-order valence-corrected chi connectivity index (χ0v) is 12.5. The Hall–Kier alpha value is -2.62. The number of carbonyl (C=O) groups excluding carboxylic acids is 1. The molecule has 22 heavy (non-hydrogen) atoms. The Balaban J connectivity index is 1.54. The molecule has 112 valence electrons. The second kappa shape index (κ2) is 6.43. The fourth-order valence-electron chi connectivity index (χ4n) is 2.44. The number of hydrogen-bond acceptors (Lipinski definition) is 3. The number of aromatic nitrogens is 1. The molecule has 0 aliphatic rings. The lowest BCUT2D eigenvalue weighted by atomic mass is 10.1. The van der Waals surface area contributed by atoms with E-state index in [0.29, 0.717) is 18.9 Å². The minimum Gasteiger partial charge on any atom is -0.441 e. The SMILES string of the molecule is Cc1nc2cc(CC(=O)NCCc3ccccc3)ccc2o1. The molecule has 0 aliphatic carbocycles. The van der Waals surface area contributed by atoms with E-state index in [1.54, 1.807) is 0 Å². The van der Waals surface area contributed by atoms with E-state index in [2.05, 4.69) is 22.4 Å². The van der Waals surface area contributed by atoms with Gasteiger partial charge < -0.3 is 9.73 Å². The van der Waals surface area contributed by atoms with Gasteiger partial charge >= 0.3 is 0 Å². The molecule has 1 heterocycles. The Bertz CT molecular complexity index is 778. The monoisotopic (exact) mass is 294 g/mol. The van der Waals surface area contributed by atoms with Crippen LogP contribution in [0.3, 0.4) is 0 Å². The number of hydrogen-bond donors (Lipinski definition) is 1. The Labute approximate surface area is 129 Å². The summed E-state index contributed by atoms with van der Waals surface area (Å²) in [5.41, 5.74) is 3.72. The molecule has 3 aromatic rings. The summed E-state index contributed by atoms with van der Waals surface area (Å²) in [6.07, 6.45) is 1.20. The smallest absolute Gasteiger partial charge is 0.224 e. The summed E-state index contributed by atoms with van der Waals surface area (Å²) in [4.78, 5) is 16.3. The molecule has 4 heteroatoms. The first-order chi connectivity index (χ1) is 10.7.